The van der Waals surface area contributed by atoms with Gasteiger partial charge in [-0.25, -0.2) is 9.18 Å². The molecule has 0 radical (unpaired) electrons. The molecule has 0 unspecified atom stereocenters. The monoisotopic (exact) mass is 300 g/mol. The van der Waals surface area contributed by atoms with Crippen molar-refractivity contribution in [1.29, 1.82) is 0 Å². The fourth-order valence-corrected chi connectivity index (χ4v) is 2.41. The fraction of sp³-hybridized carbons (Fsp3) is 0.385. The molecule has 0 aromatic heterocycles. The van der Waals surface area contributed by atoms with Crippen LogP contribution in [0, 0.1) is 11.7 Å². The molecule has 1 aliphatic heterocycles. The highest BCUT2D eigenvalue weighted by Crippen LogP contribution is 2.20. The van der Waals surface area contributed by atoms with E-state index in [2.05, 4.69) is 5.32 Å². The summed E-state index contributed by atoms with van der Waals surface area (Å²) in [5.74, 6) is -2.00. The second-order valence-electron chi connectivity index (χ2n) is 4.71. The minimum absolute atomic E-state index is 0.157. The number of rotatable bonds is 2. The molecular formula is C13H14ClFN2O3. The second-order valence-corrected chi connectivity index (χ2v) is 5.15. The number of likely N-dealkylation sites (tertiary alicyclic amines) is 1. The van der Waals surface area contributed by atoms with E-state index in [-0.39, 0.29) is 17.3 Å². The van der Waals surface area contributed by atoms with Crippen LogP contribution in [-0.2, 0) is 4.79 Å². The van der Waals surface area contributed by atoms with Crippen molar-refractivity contribution in [3.05, 3.63) is 29.0 Å². The van der Waals surface area contributed by atoms with Crippen LogP contribution < -0.4 is 5.32 Å². The number of amides is 2. The lowest BCUT2D eigenvalue weighted by Gasteiger charge is -2.30. The third-order valence-corrected chi connectivity index (χ3v) is 3.39. The Hall–Kier alpha value is -1.82. The lowest BCUT2D eigenvalue weighted by atomic mass is 9.99. The zero-order valence-corrected chi connectivity index (χ0v) is 11.4. The molecule has 7 heteroatoms. The highest BCUT2D eigenvalue weighted by atomic mass is 35.5. The zero-order valence-electron chi connectivity index (χ0n) is 10.6. The molecule has 108 valence electrons. The van der Waals surface area contributed by atoms with Crippen molar-refractivity contribution < 1.29 is 19.1 Å². The Morgan fingerprint density at radius 2 is 2.15 bits per heavy atom. The van der Waals surface area contributed by atoms with Crippen molar-refractivity contribution >= 4 is 29.3 Å². The van der Waals surface area contributed by atoms with Gasteiger partial charge in [0.25, 0.3) is 0 Å². The predicted octanol–water partition coefficient (Wildman–Crippen LogP) is 2.81. The number of benzene rings is 1. The third-order valence-electron chi connectivity index (χ3n) is 3.17. The van der Waals surface area contributed by atoms with E-state index in [0.29, 0.717) is 19.4 Å². The van der Waals surface area contributed by atoms with Crippen LogP contribution in [0.25, 0.3) is 0 Å². The summed E-state index contributed by atoms with van der Waals surface area (Å²) >= 11 is 5.70. The van der Waals surface area contributed by atoms with Gasteiger partial charge in [-0.2, -0.15) is 0 Å². The Morgan fingerprint density at radius 3 is 2.80 bits per heavy atom. The van der Waals surface area contributed by atoms with Gasteiger partial charge >= 0.3 is 12.0 Å². The second kappa shape index (κ2) is 6.09. The van der Waals surface area contributed by atoms with Crippen LogP contribution in [0.2, 0.25) is 5.02 Å². The molecule has 0 spiro atoms. The Morgan fingerprint density at radius 1 is 1.40 bits per heavy atom. The third kappa shape index (κ3) is 3.60. The Balaban J connectivity index is 2.02. The van der Waals surface area contributed by atoms with Gasteiger partial charge in [-0.3, -0.25) is 4.79 Å². The Kier molecular flexibility index (Phi) is 4.44. The van der Waals surface area contributed by atoms with Crippen molar-refractivity contribution in [2.24, 2.45) is 5.92 Å². The predicted molar refractivity (Wildman–Crippen MR) is 72.4 cm³/mol. The smallest absolute Gasteiger partial charge is 0.321 e. The first-order valence-electron chi connectivity index (χ1n) is 6.20. The summed E-state index contributed by atoms with van der Waals surface area (Å²) in [6, 6.07) is 3.28. The van der Waals surface area contributed by atoms with Gasteiger partial charge in [-0.15, -0.1) is 0 Å². The number of halogens is 2. The minimum Gasteiger partial charge on any atom is -0.481 e. The number of anilines is 1. The minimum atomic E-state index is -0.906. The number of carbonyl (C=O) groups is 2. The topological polar surface area (TPSA) is 69.6 Å². The van der Waals surface area contributed by atoms with Gasteiger partial charge in [0.15, 0.2) is 0 Å². The van der Waals surface area contributed by atoms with E-state index < -0.39 is 23.7 Å². The molecular weight excluding hydrogens is 287 g/mol. The highest BCUT2D eigenvalue weighted by molar-refractivity contribution is 6.30. The number of urea groups is 1. The van der Waals surface area contributed by atoms with Crippen LogP contribution in [0.4, 0.5) is 14.9 Å². The standard InChI is InChI=1S/C13H14ClFN2O3/c14-9-4-10(15)6-11(5-9)16-13(20)17-3-1-2-8(7-17)12(18)19/h4-6,8H,1-3,7H2,(H,16,20)(H,18,19)/t8-/m1/s1. The number of hydrogen-bond donors (Lipinski definition) is 2. The molecule has 20 heavy (non-hydrogen) atoms. The number of hydrogen-bond acceptors (Lipinski definition) is 2. The Labute approximate surface area is 120 Å². The van der Waals surface area contributed by atoms with Crippen molar-refractivity contribution in [3.8, 4) is 0 Å². The maximum atomic E-state index is 13.2. The molecule has 2 N–H and O–H groups in total. The van der Waals surface area contributed by atoms with E-state index in [4.69, 9.17) is 16.7 Å². The SMILES string of the molecule is O=C(O)[C@@H]1CCCN(C(=O)Nc2cc(F)cc(Cl)c2)C1. The summed E-state index contributed by atoms with van der Waals surface area (Å²) in [5.41, 5.74) is 0.248. The number of nitrogens with zero attached hydrogens (tertiary/aromatic N) is 1. The van der Waals surface area contributed by atoms with Crippen LogP contribution in [-0.4, -0.2) is 35.1 Å². The maximum Gasteiger partial charge on any atom is 0.321 e. The molecule has 0 aliphatic carbocycles. The Bertz CT molecular complexity index is 518. The first-order chi connectivity index (χ1) is 9.45. The molecule has 1 saturated heterocycles. The molecule has 1 fully saturated rings. The highest BCUT2D eigenvalue weighted by Gasteiger charge is 2.28. The van der Waals surface area contributed by atoms with Gasteiger partial charge in [0.1, 0.15) is 5.82 Å². The van der Waals surface area contributed by atoms with Gasteiger partial charge in [-0.1, -0.05) is 11.6 Å². The van der Waals surface area contributed by atoms with E-state index in [1.807, 2.05) is 0 Å². The molecule has 1 atom stereocenters. The summed E-state index contributed by atoms with van der Waals surface area (Å²) in [7, 11) is 0. The number of carboxylic acids is 1. The first kappa shape index (κ1) is 14.6. The number of carboxylic acid groups (broad SMARTS) is 1. The van der Waals surface area contributed by atoms with Crippen molar-refractivity contribution in [1.82, 2.24) is 4.90 Å². The number of nitrogens with one attached hydrogen (secondary N) is 1. The normalized spacial score (nSPS) is 18.7. The lowest BCUT2D eigenvalue weighted by molar-refractivity contribution is -0.143. The van der Waals surface area contributed by atoms with Gasteiger partial charge < -0.3 is 15.3 Å². The lowest BCUT2D eigenvalue weighted by Crippen LogP contribution is -2.44. The molecule has 0 saturated carbocycles. The number of aliphatic carboxylic acids is 1. The van der Waals surface area contributed by atoms with Gasteiger partial charge in [0, 0.05) is 23.8 Å². The molecule has 1 heterocycles. The maximum absolute atomic E-state index is 13.2. The largest absolute Gasteiger partial charge is 0.481 e. The first-order valence-corrected chi connectivity index (χ1v) is 6.58. The van der Waals surface area contributed by atoms with Crippen molar-refractivity contribution in [3.63, 3.8) is 0 Å². The fourth-order valence-electron chi connectivity index (χ4n) is 2.19. The zero-order chi connectivity index (χ0) is 14.7. The summed E-state index contributed by atoms with van der Waals surface area (Å²) < 4.78 is 13.2. The summed E-state index contributed by atoms with van der Waals surface area (Å²) in [6.07, 6.45) is 1.19. The molecule has 1 aliphatic rings. The quantitative estimate of drug-likeness (QED) is 0.882. The average molecular weight is 301 g/mol. The van der Waals surface area contributed by atoms with Crippen LogP contribution in [0.1, 0.15) is 12.8 Å². The molecule has 2 amide bonds. The van der Waals surface area contributed by atoms with E-state index in [0.717, 1.165) is 12.1 Å². The van der Waals surface area contributed by atoms with Gasteiger partial charge in [-0.05, 0) is 31.0 Å². The molecule has 5 nitrogen and oxygen atoms in total. The molecule has 0 bridgehead atoms. The van der Waals surface area contributed by atoms with E-state index in [1.165, 1.54) is 11.0 Å². The van der Waals surface area contributed by atoms with E-state index in [9.17, 15) is 14.0 Å². The molecule has 2 rings (SSSR count). The van der Waals surface area contributed by atoms with Crippen molar-refractivity contribution in [2.45, 2.75) is 12.8 Å². The van der Waals surface area contributed by atoms with Gasteiger partial charge in [0.05, 0.1) is 5.92 Å². The van der Waals surface area contributed by atoms with Crippen LogP contribution in [0.5, 0.6) is 0 Å². The molecule has 1 aromatic carbocycles. The van der Waals surface area contributed by atoms with Crippen LogP contribution in [0.15, 0.2) is 18.2 Å². The summed E-state index contributed by atoms with van der Waals surface area (Å²) in [6.45, 7) is 0.642. The summed E-state index contributed by atoms with van der Waals surface area (Å²) in [5, 5.41) is 11.7. The van der Waals surface area contributed by atoms with Gasteiger partial charge in [0.2, 0.25) is 0 Å². The number of piperidine rings is 1. The number of carbonyl (C=O) groups excluding carboxylic acids is 1. The average Bonchev–Trinajstić information content (AvgIpc) is 2.37. The molecule has 1 aromatic rings. The summed E-state index contributed by atoms with van der Waals surface area (Å²) in [4.78, 5) is 24.4. The van der Waals surface area contributed by atoms with Crippen molar-refractivity contribution in [2.75, 3.05) is 18.4 Å². The van der Waals surface area contributed by atoms with E-state index >= 15 is 0 Å². The van der Waals surface area contributed by atoms with Crippen LogP contribution >= 0.6 is 11.6 Å². The van der Waals surface area contributed by atoms with Crippen LogP contribution in [0.3, 0.4) is 0 Å². The van der Waals surface area contributed by atoms with E-state index in [1.54, 1.807) is 0 Å².